The van der Waals surface area contributed by atoms with Crippen LogP contribution in [0, 0.1) is 0 Å². The molecular weight excluding hydrogens is 333 g/mol. The Morgan fingerprint density at radius 3 is 2.48 bits per heavy atom. The molecule has 4 nitrogen and oxygen atoms in total. The Labute approximate surface area is 144 Å². The lowest BCUT2D eigenvalue weighted by atomic mass is 10.1. The molecule has 0 aliphatic rings. The third-order valence-electron chi connectivity index (χ3n) is 3.79. The fraction of sp³-hybridized carbons (Fsp3) is 0.278. The first-order valence-corrected chi connectivity index (χ1v) is 7.75. The summed E-state index contributed by atoms with van der Waals surface area (Å²) in [4.78, 5) is 12.0. The standard InChI is InChI=1S/C18H19F3N2O2/c1-12(13-7-3-6-10-16(13)25-2)22-11-17(24)23-15-9-5-4-8-14(15)18(19,20)21/h3-10,12,22H,11H2,1-2H3,(H,23,24)/p+1/t12-/m0/s1. The number of rotatable bonds is 6. The third kappa shape index (κ3) is 4.96. The molecule has 2 aromatic rings. The van der Waals surface area contributed by atoms with E-state index in [0.717, 1.165) is 11.6 Å². The van der Waals surface area contributed by atoms with Crippen molar-refractivity contribution < 1.29 is 28.0 Å². The third-order valence-corrected chi connectivity index (χ3v) is 3.79. The second-order valence-corrected chi connectivity index (χ2v) is 5.56. The topological polar surface area (TPSA) is 54.9 Å². The highest BCUT2D eigenvalue weighted by molar-refractivity contribution is 5.92. The average molecular weight is 353 g/mol. The molecule has 134 valence electrons. The first-order chi connectivity index (χ1) is 11.8. The van der Waals surface area contributed by atoms with Crippen molar-refractivity contribution in [2.24, 2.45) is 0 Å². The van der Waals surface area contributed by atoms with Crippen LogP contribution >= 0.6 is 0 Å². The van der Waals surface area contributed by atoms with Crippen molar-refractivity contribution in [3.63, 3.8) is 0 Å². The molecule has 0 heterocycles. The minimum Gasteiger partial charge on any atom is -0.496 e. The number of anilines is 1. The maximum atomic E-state index is 12.9. The number of nitrogens with one attached hydrogen (secondary N) is 1. The van der Waals surface area contributed by atoms with Crippen molar-refractivity contribution >= 4 is 11.6 Å². The maximum Gasteiger partial charge on any atom is 0.418 e. The lowest BCUT2D eigenvalue weighted by Gasteiger charge is -2.15. The minimum atomic E-state index is -4.52. The highest BCUT2D eigenvalue weighted by Gasteiger charge is 2.33. The number of alkyl halides is 3. The summed E-state index contributed by atoms with van der Waals surface area (Å²) >= 11 is 0. The summed E-state index contributed by atoms with van der Waals surface area (Å²) in [6.45, 7) is 1.89. The monoisotopic (exact) mass is 353 g/mol. The minimum absolute atomic E-state index is 0.00853. The van der Waals surface area contributed by atoms with Gasteiger partial charge in [-0.2, -0.15) is 13.2 Å². The van der Waals surface area contributed by atoms with Crippen molar-refractivity contribution in [1.82, 2.24) is 0 Å². The fourth-order valence-electron chi connectivity index (χ4n) is 2.49. The highest BCUT2D eigenvalue weighted by Crippen LogP contribution is 2.34. The number of carbonyl (C=O) groups excluding carboxylic acids is 1. The van der Waals surface area contributed by atoms with E-state index < -0.39 is 17.6 Å². The second kappa shape index (κ2) is 8.02. The predicted octanol–water partition coefficient (Wildman–Crippen LogP) is 2.98. The number of halogens is 3. The van der Waals surface area contributed by atoms with E-state index in [1.165, 1.54) is 18.2 Å². The van der Waals surface area contributed by atoms with Gasteiger partial charge in [0.2, 0.25) is 0 Å². The van der Waals surface area contributed by atoms with Crippen LogP contribution in [0.2, 0.25) is 0 Å². The van der Waals surface area contributed by atoms with Gasteiger partial charge in [-0.25, -0.2) is 0 Å². The van der Waals surface area contributed by atoms with Crippen LogP contribution in [0.4, 0.5) is 18.9 Å². The summed E-state index contributed by atoms with van der Waals surface area (Å²) in [5.41, 5.74) is -0.187. The Morgan fingerprint density at radius 1 is 1.16 bits per heavy atom. The molecule has 0 bridgehead atoms. The van der Waals surface area contributed by atoms with Crippen molar-refractivity contribution in [3.05, 3.63) is 59.7 Å². The van der Waals surface area contributed by atoms with E-state index in [0.29, 0.717) is 5.75 Å². The summed E-state index contributed by atoms with van der Waals surface area (Å²) in [5, 5.41) is 4.07. The molecule has 3 N–H and O–H groups in total. The van der Waals surface area contributed by atoms with E-state index in [9.17, 15) is 18.0 Å². The average Bonchev–Trinajstić information content (AvgIpc) is 2.59. The summed E-state index contributed by atoms with van der Waals surface area (Å²) in [6, 6.07) is 12.2. The van der Waals surface area contributed by atoms with Gasteiger partial charge in [0, 0.05) is 0 Å². The summed E-state index contributed by atoms with van der Waals surface area (Å²) in [7, 11) is 1.56. The molecule has 0 aliphatic carbocycles. The lowest BCUT2D eigenvalue weighted by molar-refractivity contribution is -0.682. The van der Waals surface area contributed by atoms with Gasteiger partial charge in [0.1, 0.15) is 11.8 Å². The van der Waals surface area contributed by atoms with Crippen molar-refractivity contribution in [1.29, 1.82) is 0 Å². The van der Waals surface area contributed by atoms with Gasteiger partial charge in [-0.15, -0.1) is 0 Å². The Hall–Kier alpha value is -2.54. The molecule has 0 aromatic heterocycles. The predicted molar refractivity (Wildman–Crippen MR) is 88.3 cm³/mol. The number of para-hydroxylation sites is 2. The fourth-order valence-corrected chi connectivity index (χ4v) is 2.49. The number of nitrogens with two attached hydrogens (primary N) is 1. The molecule has 0 fully saturated rings. The van der Waals surface area contributed by atoms with Gasteiger partial charge in [-0.1, -0.05) is 24.3 Å². The molecule has 7 heteroatoms. The number of quaternary nitrogens is 1. The zero-order valence-corrected chi connectivity index (χ0v) is 13.9. The molecule has 0 spiro atoms. The highest BCUT2D eigenvalue weighted by atomic mass is 19.4. The van der Waals surface area contributed by atoms with Crippen LogP contribution in [0.5, 0.6) is 5.75 Å². The van der Waals surface area contributed by atoms with Gasteiger partial charge in [-0.05, 0) is 31.2 Å². The largest absolute Gasteiger partial charge is 0.496 e. The Balaban J connectivity index is 2.00. The zero-order chi connectivity index (χ0) is 18.4. The quantitative estimate of drug-likeness (QED) is 0.839. The molecule has 0 radical (unpaired) electrons. The van der Waals surface area contributed by atoms with E-state index in [-0.39, 0.29) is 18.3 Å². The summed E-state index contributed by atoms with van der Waals surface area (Å²) in [6.07, 6.45) is -4.52. The lowest BCUT2D eigenvalue weighted by Crippen LogP contribution is -2.86. The number of amides is 1. The molecule has 0 saturated heterocycles. The van der Waals surface area contributed by atoms with Crippen LogP contribution < -0.4 is 15.4 Å². The van der Waals surface area contributed by atoms with Crippen LogP contribution in [-0.2, 0) is 11.0 Å². The summed E-state index contributed by atoms with van der Waals surface area (Å²) in [5.74, 6) is 0.201. The molecule has 0 aliphatic heterocycles. The van der Waals surface area contributed by atoms with E-state index in [4.69, 9.17) is 4.74 Å². The number of methoxy groups -OCH3 is 1. The second-order valence-electron chi connectivity index (χ2n) is 5.56. The van der Waals surface area contributed by atoms with Gasteiger partial charge in [-0.3, -0.25) is 4.79 Å². The number of hydrogen-bond acceptors (Lipinski definition) is 2. The van der Waals surface area contributed by atoms with Gasteiger partial charge < -0.3 is 15.4 Å². The van der Waals surface area contributed by atoms with Crippen LogP contribution in [0.25, 0.3) is 0 Å². The molecular formula is C18H20F3N2O2+. The number of benzene rings is 2. The van der Waals surface area contributed by atoms with Crippen molar-refractivity contribution in [3.8, 4) is 5.75 Å². The Morgan fingerprint density at radius 2 is 1.80 bits per heavy atom. The van der Waals surface area contributed by atoms with Gasteiger partial charge in [0.15, 0.2) is 6.54 Å². The molecule has 2 rings (SSSR count). The molecule has 0 saturated carbocycles. The van der Waals surface area contributed by atoms with Crippen LogP contribution in [0.15, 0.2) is 48.5 Å². The molecule has 25 heavy (non-hydrogen) atoms. The smallest absolute Gasteiger partial charge is 0.418 e. The van der Waals surface area contributed by atoms with Crippen molar-refractivity contribution in [2.75, 3.05) is 19.0 Å². The molecule has 1 atom stereocenters. The molecule has 2 aromatic carbocycles. The number of carbonyl (C=O) groups is 1. The SMILES string of the molecule is COc1ccccc1[C@H](C)[NH2+]CC(=O)Nc1ccccc1C(F)(F)F. The van der Waals surface area contributed by atoms with Gasteiger partial charge in [0.25, 0.3) is 5.91 Å². The van der Waals surface area contributed by atoms with Crippen LogP contribution in [-0.4, -0.2) is 19.6 Å². The maximum absolute atomic E-state index is 12.9. The Kier molecular flexibility index (Phi) is 6.03. The number of hydrogen-bond donors (Lipinski definition) is 2. The number of ether oxygens (including phenoxy) is 1. The normalized spacial score (nSPS) is 12.5. The van der Waals surface area contributed by atoms with E-state index in [1.54, 1.807) is 12.4 Å². The van der Waals surface area contributed by atoms with Gasteiger partial charge >= 0.3 is 6.18 Å². The van der Waals surface area contributed by atoms with E-state index in [2.05, 4.69) is 5.32 Å². The first kappa shape index (κ1) is 18.8. The van der Waals surface area contributed by atoms with Gasteiger partial charge in [0.05, 0.1) is 23.9 Å². The van der Waals surface area contributed by atoms with Crippen LogP contribution in [0.1, 0.15) is 24.1 Å². The zero-order valence-electron chi connectivity index (χ0n) is 13.9. The van der Waals surface area contributed by atoms with E-state index in [1.807, 2.05) is 31.2 Å². The molecule has 0 unspecified atom stereocenters. The molecule has 1 amide bonds. The van der Waals surface area contributed by atoms with Crippen molar-refractivity contribution in [2.45, 2.75) is 19.1 Å². The first-order valence-electron chi connectivity index (χ1n) is 7.75. The summed E-state index contributed by atoms with van der Waals surface area (Å²) < 4.78 is 44.1. The Bertz CT molecular complexity index is 732. The van der Waals surface area contributed by atoms with Crippen LogP contribution in [0.3, 0.4) is 0 Å². The van der Waals surface area contributed by atoms with E-state index >= 15 is 0 Å².